The Morgan fingerprint density at radius 2 is 0.857 bits per heavy atom. The highest BCUT2D eigenvalue weighted by atomic mass is 15.1. The Morgan fingerprint density at radius 3 is 1.66 bits per heavy atom. The lowest BCUT2D eigenvalue weighted by molar-refractivity contribution is 1.05. The minimum absolute atomic E-state index is 0.685. The van der Waals surface area contributed by atoms with Crippen molar-refractivity contribution in [1.29, 1.82) is 0 Å². The van der Waals surface area contributed by atoms with Crippen molar-refractivity contribution in [1.82, 2.24) is 19.1 Å². The quantitative estimate of drug-likeness (QED) is 0.167. The molecule has 12 rings (SSSR count). The monoisotopic (exact) mass is 712 g/mol. The minimum Gasteiger partial charge on any atom is -0.309 e. The van der Waals surface area contributed by atoms with Gasteiger partial charge in [-0.25, -0.2) is 9.97 Å². The van der Waals surface area contributed by atoms with E-state index in [1.165, 1.54) is 59.7 Å². The van der Waals surface area contributed by atoms with E-state index < -0.39 is 0 Å². The number of benzene rings is 9. The van der Waals surface area contributed by atoms with Gasteiger partial charge in [0.2, 0.25) is 0 Å². The summed E-state index contributed by atoms with van der Waals surface area (Å²) in [6.45, 7) is 0. The Morgan fingerprint density at radius 1 is 0.304 bits per heavy atom. The zero-order chi connectivity index (χ0) is 36.7. The minimum atomic E-state index is 0.685. The van der Waals surface area contributed by atoms with E-state index in [1.807, 2.05) is 6.07 Å². The zero-order valence-corrected chi connectivity index (χ0v) is 30.3. The molecule has 3 aromatic heterocycles. The third-order valence-corrected chi connectivity index (χ3v) is 11.5. The van der Waals surface area contributed by atoms with Gasteiger partial charge in [-0.2, -0.15) is 0 Å². The van der Waals surface area contributed by atoms with Crippen molar-refractivity contribution >= 4 is 65.2 Å². The summed E-state index contributed by atoms with van der Waals surface area (Å²) in [6.07, 6.45) is 0. The maximum absolute atomic E-state index is 5.41. The molecule has 0 saturated heterocycles. The maximum atomic E-state index is 5.41. The van der Waals surface area contributed by atoms with Gasteiger partial charge in [0.05, 0.1) is 27.8 Å². The van der Waals surface area contributed by atoms with Gasteiger partial charge >= 0.3 is 0 Å². The Bertz CT molecular complexity index is 3450. The van der Waals surface area contributed by atoms with Crippen LogP contribution in [-0.2, 0) is 0 Å². The molecule has 0 fully saturated rings. The number of rotatable bonds is 5. The molecule has 0 unspecified atom stereocenters. The molecule has 9 aromatic carbocycles. The Labute approximate surface area is 322 Å². The highest BCUT2D eigenvalue weighted by Gasteiger charge is 2.25. The first-order valence-electron chi connectivity index (χ1n) is 19.1. The summed E-state index contributed by atoms with van der Waals surface area (Å²) < 4.78 is 4.81. The highest BCUT2D eigenvalue weighted by molar-refractivity contribution is 6.41. The van der Waals surface area contributed by atoms with Gasteiger partial charge in [0.15, 0.2) is 5.82 Å². The summed E-state index contributed by atoms with van der Waals surface area (Å²) >= 11 is 0. The van der Waals surface area contributed by atoms with E-state index >= 15 is 0 Å². The highest BCUT2D eigenvalue weighted by Crippen LogP contribution is 2.49. The topological polar surface area (TPSA) is 35.6 Å². The van der Waals surface area contributed by atoms with Crippen molar-refractivity contribution < 1.29 is 0 Å². The van der Waals surface area contributed by atoms with E-state index in [1.54, 1.807) is 0 Å². The van der Waals surface area contributed by atoms with Crippen LogP contribution in [0.2, 0.25) is 0 Å². The largest absolute Gasteiger partial charge is 0.309 e. The van der Waals surface area contributed by atoms with Gasteiger partial charge < -0.3 is 4.57 Å². The van der Waals surface area contributed by atoms with Crippen molar-refractivity contribution in [2.24, 2.45) is 0 Å². The molecule has 0 aliphatic heterocycles. The van der Waals surface area contributed by atoms with Crippen LogP contribution in [0.5, 0.6) is 0 Å². The van der Waals surface area contributed by atoms with Crippen LogP contribution in [0, 0.1) is 0 Å². The van der Waals surface area contributed by atoms with Crippen molar-refractivity contribution in [3.63, 3.8) is 0 Å². The lowest BCUT2D eigenvalue weighted by atomic mass is 9.92. The molecule has 0 aliphatic rings. The van der Waals surface area contributed by atoms with Crippen LogP contribution in [0.15, 0.2) is 194 Å². The van der Waals surface area contributed by atoms with E-state index in [4.69, 9.17) is 9.97 Å². The first kappa shape index (κ1) is 30.9. The summed E-state index contributed by atoms with van der Waals surface area (Å²) in [4.78, 5) is 10.7. The molecule has 0 amide bonds. The first-order chi connectivity index (χ1) is 27.8. The van der Waals surface area contributed by atoms with Gasteiger partial charge in [-0.05, 0) is 63.7 Å². The van der Waals surface area contributed by atoms with E-state index in [-0.39, 0.29) is 0 Å². The number of aromatic nitrogens is 4. The molecule has 12 aromatic rings. The number of hydrogen-bond acceptors (Lipinski definition) is 2. The molecule has 0 aliphatic carbocycles. The fraction of sp³-hybridized carbons (Fsp3) is 0. The van der Waals surface area contributed by atoms with E-state index in [0.29, 0.717) is 5.82 Å². The number of nitrogens with zero attached hydrogens (tertiary/aromatic N) is 4. The first-order valence-corrected chi connectivity index (χ1v) is 19.1. The normalized spacial score (nSPS) is 11.9. The Balaban J connectivity index is 1.24. The van der Waals surface area contributed by atoms with Crippen molar-refractivity contribution in [3.8, 4) is 45.3 Å². The molecule has 260 valence electrons. The average Bonchev–Trinajstić information content (AvgIpc) is 3.79. The third kappa shape index (κ3) is 4.47. The Kier molecular flexibility index (Phi) is 6.60. The van der Waals surface area contributed by atoms with E-state index in [9.17, 15) is 0 Å². The van der Waals surface area contributed by atoms with Gasteiger partial charge in [-0.1, -0.05) is 152 Å². The van der Waals surface area contributed by atoms with Crippen LogP contribution >= 0.6 is 0 Å². The predicted molar refractivity (Wildman–Crippen MR) is 233 cm³/mol. The average molecular weight is 713 g/mol. The molecule has 0 spiro atoms. The van der Waals surface area contributed by atoms with Crippen LogP contribution in [0.3, 0.4) is 0 Å². The van der Waals surface area contributed by atoms with Gasteiger partial charge in [0, 0.05) is 49.8 Å². The van der Waals surface area contributed by atoms with Gasteiger partial charge in [0.25, 0.3) is 0 Å². The predicted octanol–water partition coefficient (Wildman–Crippen LogP) is 13.4. The van der Waals surface area contributed by atoms with Crippen LogP contribution in [0.1, 0.15) is 0 Å². The molecule has 0 bridgehead atoms. The molecule has 0 radical (unpaired) electrons. The second-order valence-electron chi connectivity index (χ2n) is 14.6. The standard InChI is InChI=1S/C52H32N4/c1-4-16-33(17-5-1)35-20-14-21-36(30-35)42-31-47(54-52(53-42)34-18-6-2-7-19-34)56-43-28-13-12-26-41(43)49-45(56)32-46-51-48-39(38-24-10-11-25-40(38)50(49)51)27-15-29-44(48)55(46)37-22-8-3-9-23-37/h1-32H. The Hall–Kier alpha value is -7.56. The number of fused-ring (bicyclic) bond motifs is 7. The van der Waals surface area contributed by atoms with Gasteiger partial charge in [0.1, 0.15) is 5.82 Å². The fourth-order valence-corrected chi connectivity index (χ4v) is 9.10. The maximum Gasteiger partial charge on any atom is 0.162 e. The number of hydrogen-bond donors (Lipinski definition) is 0. The lowest BCUT2D eigenvalue weighted by Crippen LogP contribution is -2.03. The summed E-state index contributed by atoms with van der Waals surface area (Å²) in [5.74, 6) is 1.51. The number of para-hydroxylation sites is 2. The van der Waals surface area contributed by atoms with E-state index in [2.05, 4.69) is 197 Å². The van der Waals surface area contributed by atoms with Crippen LogP contribution in [0.4, 0.5) is 0 Å². The van der Waals surface area contributed by atoms with Gasteiger partial charge in [-0.3, -0.25) is 4.57 Å². The lowest BCUT2D eigenvalue weighted by Gasteiger charge is -2.14. The van der Waals surface area contributed by atoms with Crippen LogP contribution < -0.4 is 0 Å². The van der Waals surface area contributed by atoms with Crippen molar-refractivity contribution in [2.45, 2.75) is 0 Å². The molecule has 4 nitrogen and oxygen atoms in total. The summed E-state index contributed by atoms with van der Waals surface area (Å²) in [5, 5.41) is 10.1. The smallest absolute Gasteiger partial charge is 0.162 e. The van der Waals surface area contributed by atoms with E-state index in [0.717, 1.165) is 44.9 Å². The second kappa shape index (κ2) is 12.0. The fourth-order valence-electron chi connectivity index (χ4n) is 9.10. The molecular formula is C52H32N4. The summed E-state index contributed by atoms with van der Waals surface area (Å²) in [5.41, 5.74) is 10.9. The molecule has 0 N–H and O–H groups in total. The van der Waals surface area contributed by atoms with Crippen LogP contribution in [-0.4, -0.2) is 19.1 Å². The molecular weight excluding hydrogens is 681 g/mol. The summed E-state index contributed by atoms with van der Waals surface area (Å²) in [6, 6.07) is 69.3. The molecule has 4 heteroatoms. The summed E-state index contributed by atoms with van der Waals surface area (Å²) in [7, 11) is 0. The molecule has 3 heterocycles. The van der Waals surface area contributed by atoms with Gasteiger partial charge in [-0.15, -0.1) is 0 Å². The van der Waals surface area contributed by atoms with Crippen LogP contribution in [0.25, 0.3) is 110 Å². The SMILES string of the molecule is c1ccc(-c2cccc(-c3cc(-n4c5ccccc5c5c6c7ccccc7c7cccc8c7c6c(cc54)n8-c4ccccc4)nc(-c4ccccc4)n3)c2)cc1. The zero-order valence-electron chi connectivity index (χ0n) is 30.3. The second-order valence-corrected chi connectivity index (χ2v) is 14.6. The molecule has 0 saturated carbocycles. The van der Waals surface area contributed by atoms with Crippen molar-refractivity contribution in [2.75, 3.05) is 0 Å². The third-order valence-electron chi connectivity index (χ3n) is 11.5. The molecule has 56 heavy (non-hydrogen) atoms. The molecule has 0 atom stereocenters. The van der Waals surface area contributed by atoms with Crippen molar-refractivity contribution in [3.05, 3.63) is 194 Å².